The van der Waals surface area contributed by atoms with E-state index in [1.165, 1.54) is 22.7 Å². The van der Waals surface area contributed by atoms with Crippen LogP contribution in [0.2, 0.25) is 0 Å². The maximum absolute atomic E-state index is 7.56. The number of hydrogen-bond donors (Lipinski definition) is 2. The Labute approximate surface area is 225 Å². The van der Waals surface area contributed by atoms with Crippen molar-refractivity contribution >= 4 is 101 Å². The van der Waals surface area contributed by atoms with Crippen LogP contribution in [0.15, 0.2) is 71.7 Å². The average Bonchev–Trinajstić information content (AvgIpc) is 3.44. The second-order valence-electron chi connectivity index (χ2n) is 7.80. The Balaban J connectivity index is 1.77. The number of nitrogens with one attached hydrogen (secondary N) is 2. The molecule has 1 fully saturated rings. The van der Waals surface area contributed by atoms with Crippen LogP contribution < -0.4 is 19.1 Å². The van der Waals surface area contributed by atoms with E-state index in [1.807, 2.05) is 73.1 Å². The molecular weight excluding hydrogens is 592 g/mol. The van der Waals surface area contributed by atoms with Crippen LogP contribution in [0.3, 0.4) is 0 Å². The fourth-order valence-electron chi connectivity index (χ4n) is 3.85. The topological polar surface area (TPSA) is 56.3 Å². The zero-order valence-corrected chi connectivity index (χ0v) is 24.4. The van der Waals surface area contributed by atoms with Gasteiger partial charge in [0.1, 0.15) is 0 Å². The zero-order valence-electron chi connectivity index (χ0n) is 17.9. The first kappa shape index (κ1) is 24.6. The van der Waals surface area contributed by atoms with E-state index in [-0.39, 0.29) is 0 Å². The zero-order chi connectivity index (χ0) is 24.2. The molecule has 2 aromatic carbocycles. The van der Waals surface area contributed by atoms with Gasteiger partial charge >= 0.3 is 226 Å². The summed E-state index contributed by atoms with van der Waals surface area (Å²) in [6, 6.07) is 15.5. The van der Waals surface area contributed by atoms with E-state index < -0.39 is 11.5 Å². The molecule has 0 bridgehead atoms. The van der Waals surface area contributed by atoms with Crippen LogP contribution in [0.25, 0.3) is 0 Å². The summed E-state index contributed by atoms with van der Waals surface area (Å²) in [7, 11) is 0. The quantitative estimate of drug-likeness (QED) is 0.212. The standard InChI is InChI=1S/C20H20Cl4N6P2S2/c1-15-3-7-17(8-4-15)29-31(21,22,27-19-25-11-13-33-19)30(18-9-5-16(2)6-10-18)32(29,23,24)28-20-26-12-14-34-20/h3-14H,1-2H3,(H,25,27)(H,26,28). The van der Waals surface area contributed by atoms with Crippen LogP contribution in [0, 0.1) is 13.8 Å². The fraction of sp³-hybridized carbons (Fsp3) is 0.100. The molecule has 2 aromatic heterocycles. The molecule has 14 heteroatoms. The number of aryl methyl sites for hydroxylation is 2. The van der Waals surface area contributed by atoms with Crippen LogP contribution in [-0.2, 0) is 0 Å². The Kier molecular flexibility index (Phi) is 5.95. The van der Waals surface area contributed by atoms with Crippen LogP contribution in [0.1, 0.15) is 11.1 Å². The van der Waals surface area contributed by atoms with Gasteiger partial charge in [0.05, 0.1) is 0 Å². The molecule has 6 nitrogen and oxygen atoms in total. The summed E-state index contributed by atoms with van der Waals surface area (Å²) in [6.07, 6.45) is 3.36. The summed E-state index contributed by atoms with van der Waals surface area (Å²) in [5.41, 5.74) is 3.50. The van der Waals surface area contributed by atoms with E-state index in [0.717, 1.165) is 11.1 Å². The summed E-state index contributed by atoms with van der Waals surface area (Å²) >= 11 is 33.0. The van der Waals surface area contributed by atoms with E-state index in [1.54, 1.807) is 21.3 Å². The van der Waals surface area contributed by atoms with Gasteiger partial charge in [0, 0.05) is 0 Å². The molecule has 1 aliphatic heterocycles. The normalized spacial score (nSPS) is 21.8. The fourth-order valence-corrected chi connectivity index (χ4v) is 30.4. The molecule has 180 valence electrons. The van der Waals surface area contributed by atoms with Crippen LogP contribution in [0.4, 0.5) is 21.6 Å². The molecule has 2 N–H and O–H groups in total. The van der Waals surface area contributed by atoms with Crippen molar-refractivity contribution in [1.29, 1.82) is 0 Å². The summed E-state index contributed by atoms with van der Waals surface area (Å²) < 4.78 is 3.46. The van der Waals surface area contributed by atoms with E-state index >= 15 is 0 Å². The Hall–Kier alpha value is -1.08. The van der Waals surface area contributed by atoms with Gasteiger partial charge in [0.15, 0.2) is 0 Å². The molecule has 1 aliphatic rings. The molecule has 0 atom stereocenters. The Morgan fingerprint density at radius 3 is 1.29 bits per heavy atom. The van der Waals surface area contributed by atoms with Gasteiger partial charge in [-0.15, -0.1) is 0 Å². The first-order valence-corrected chi connectivity index (χ1v) is 19.7. The van der Waals surface area contributed by atoms with Crippen molar-refractivity contribution in [3.8, 4) is 0 Å². The van der Waals surface area contributed by atoms with Gasteiger partial charge in [-0.2, -0.15) is 0 Å². The number of aromatic nitrogens is 2. The summed E-state index contributed by atoms with van der Waals surface area (Å²) in [4.78, 5) is 8.75. The molecule has 0 unspecified atom stereocenters. The number of anilines is 4. The molecule has 34 heavy (non-hydrogen) atoms. The number of thiazole rings is 2. The van der Waals surface area contributed by atoms with E-state index in [4.69, 9.17) is 45.0 Å². The number of halogens is 4. The van der Waals surface area contributed by atoms with Crippen molar-refractivity contribution < 1.29 is 0 Å². The molecule has 3 heterocycles. The number of hydrogen-bond acceptors (Lipinski definition) is 8. The summed E-state index contributed by atoms with van der Waals surface area (Å²) in [5.74, 6) is -8.63. The Bertz CT molecular complexity index is 1200. The van der Waals surface area contributed by atoms with Crippen molar-refractivity contribution in [3.05, 3.63) is 82.8 Å². The van der Waals surface area contributed by atoms with Crippen molar-refractivity contribution in [2.24, 2.45) is 0 Å². The van der Waals surface area contributed by atoms with Gasteiger partial charge in [0.25, 0.3) is 0 Å². The van der Waals surface area contributed by atoms with Gasteiger partial charge < -0.3 is 0 Å². The van der Waals surface area contributed by atoms with Crippen molar-refractivity contribution in [2.45, 2.75) is 13.8 Å². The maximum atomic E-state index is 7.56. The summed E-state index contributed by atoms with van der Waals surface area (Å²) in [6.45, 7) is 4.00. The van der Waals surface area contributed by atoms with Crippen LogP contribution in [0.5, 0.6) is 0 Å². The van der Waals surface area contributed by atoms with Crippen LogP contribution >= 0.6 is 79.2 Å². The van der Waals surface area contributed by atoms with Crippen molar-refractivity contribution in [1.82, 2.24) is 9.97 Å². The molecule has 1 saturated heterocycles. The third kappa shape index (κ3) is 3.84. The van der Waals surface area contributed by atoms with Crippen LogP contribution in [-0.4, -0.2) is 9.97 Å². The van der Waals surface area contributed by atoms with Gasteiger partial charge in [0.2, 0.25) is 0 Å². The molecule has 0 amide bonds. The SMILES string of the molecule is Cc1ccc(N2P(Cl)(Cl)(Nc3nccs3)N(c3ccc(C)cc3)P2(Cl)(Cl)Nc2nccs2)cc1. The van der Waals surface area contributed by atoms with Gasteiger partial charge in [-0.3, -0.25) is 0 Å². The Morgan fingerprint density at radius 2 is 1.00 bits per heavy atom. The van der Waals surface area contributed by atoms with Gasteiger partial charge in [-0.1, -0.05) is 0 Å². The second-order valence-corrected chi connectivity index (χ2v) is 24.3. The minimum atomic E-state index is -4.31. The summed E-state index contributed by atoms with van der Waals surface area (Å²) in [5, 5.41) is 11.4. The minimum absolute atomic E-state index is 0.553. The average molecular weight is 612 g/mol. The third-order valence-corrected chi connectivity index (χ3v) is 22.9. The third-order valence-electron chi connectivity index (χ3n) is 5.25. The van der Waals surface area contributed by atoms with Gasteiger partial charge in [-0.25, -0.2) is 0 Å². The number of rotatable bonds is 6. The molecule has 0 radical (unpaired) electrons. The van der Waals surface area contributed by atoms with Crippen molar-refractivity contribution in [3.63, 3.8) is 0 Å². The molecule has 0 spiro atoms. The van der Waals surface area contributed by atoms with Crippen molar-refractivity contribution in [2.75, 3.05) is 19.1 Å². The number of nitrogens with zero attached hydrogens (tertiary/aromatic N) is 4. The monoisotopic (exact) mass is 610 g/mol. The molecular formula is C20H20Cl4N6P2S2. The molecule has 0 saturated carbocycles. The predicted molar refractivity (Wildman–Crippen MR) is 156 cm³/mol. The van der Waals surface area contributed by atoms with Gasteiger partial charge in [-0.05, 0) is 0 Å². The molecule has 5 rings (SSSR count). The Morgan fingerprint density at radius 1 is 0.647 bits per heavy atom. The second kappa shape index (κ2) is 8.22. The molecule has 4 aromatic rings. The number of benzene rings is 2. The van der Waals surface area contributed by atoms with E-state index in [0.29, 0.717) is 21.6 Å². The molecule has 0 aliphatic carbocycles. The first-order valence-electron chi connectivity index (χ1n) is 10.0. The van der Waals surface area contributed by atoms with E-state index in [2.05, 4.69) is 20.1 Å². The van der Waals surface area contributed by atoms with E-state index in [9.17, 15) is 0 Å². The first-order chi connectivity index (χ1) is 16.0. The predicted octanol–water partition coefficient (Wildman–Crippen LogP) is 9.98.